The van der Waals surface area contributed by atoms with Gasteiger partial charge >= 0.3 is 0 Å². The highest BCUT2D eigenvalue weighted by Gasteiger charge is 2.23. The fraction of sp³-hybridized carbons (Fsp3) is 0.400. The zero-order valence-corrected chi connectivity index (χ0v) is 12.6. The van der Waals surface area contributed by atoms with Crippen LogP contribution in [0.4, 0.5) is 5.69 Å². The molecule has 1 fully saturated rings. The van der Waals surface area contributed by atoms with Crippen LogP contribution in [-0.4, -0.2) is 35.7 Å². The predicted octanol–water partition coefficient (Wildman–Crippen LogP) is 1.92. The van der Waals surface area contributed by atoms with Crippen molar-refractivity contribution in [1.29, 1.82) is 0 Å². The number of hydrogen-bond acceptors (Lipinski definition) is 4. The van der Waals surface area contributed by atoms with E-state index in [0.29, 0.717) is 12.8 Å². The van der Waals surface area contributed by atoms with Crippen LogP contribution in [0, 0.1) is 0 Å². The van der Waals surface area contributed by atoms with Gasteiger partial charge in [0.25, 0.3) is 0 Å². The van der Waals surface area contributed by atoms with Crippen molar-refractivity contribution in [2.75, 3.05) is 16.8 Å². The average molecular weight is 305 g/mol. The lowest BCUT2D eigenvalue weighted by atomic mass is 10.1. The fourth-order valence-electron chi connectivity index (χ4n) is 2.61. The first kappa shape index (κ1) is 14.1. The highest BCUT2D eigenvalue weighted by atomic mass is 32.2. The Morgan fingerprint density at radius 3 is 2.76 bits per heavy atom. The number of benzene rings is 1. The predicted molar refractivity (Wildman–Crippen MR) is 83.1 cm³/mol. The minimum atomic E-state index is -2.80. The quantitative estimate of drug-likeness (QED) is 0.937. The smallest absolute Gasteiger partial charge is 0.150 e. The van der Waals surface area contributed by atoms with Crippen molar-refractivity contribution in [3.05, 3.63) is 48.3 Å². The molecule has 112 valence electrons. The third-order valence-electron chi connectivity index (χ3n) is 3.76. The molecule has 21 heavy (non-hydrogen) atoms. The molecule has 0 spiro atoms. The molecule has 1 aliphatic heterocycles. The zero-order valence-electron chi connectivity index (χ0n) is 11.8. The van der Waals surface area contributed by atoms with Crippen LogP contribution in [0.25, 0.3) is 0 Å². The fourth-order valence-corrected chi connectivity index (χ4v) is 4.10. The Kier molecular flexibility index (Phi) is 3.96. The normalized spacial score (nSPS) is 18.5. The Morgan fingerprint density at radius 1 is 1.24 bits per heavy atom. The molecule has 1 aromatic heterocycles. The number of nitrogens with one attached hydrogen (secondary N) is 1. The molecular formula is C15H19N3O2S. The van der Waals surface area contributed by atoms with E-state index >= 15 is 0 Å². The molecule has 0 saturated carbocycles. The van der Waals surface area contributed by atoms with Crippen LogP contribution in [0.3, 0.4) is 0 Å². The molecule has 0 bridgehead atoms. The summed E-state index contributed by atoms with van der Waals surface area (Å²) in [5.74, 6) is 0.579. The summed E-state index contributed by atoms with van der Waals surface area (Å²) >= 11 is 0. The lowest BCUT2D eigenvalue weighted by Gasteiger charge is -2.24. The second-order valence-electron chi connectivity index (χ2n) is 5.47. The van der Waals surface area contributed by atoms with Crippen LogP contribution in [0.1, 0.15) is 18.4 Å². The molecule has 2 aromatic rings. The molecule has 0 unspecified atom stereocenters. The molecule has 5 nitrogen and oxygen atoms in total. The van der Waals surface area contributed by atoms with Gasteiger partial charge in [-0.1, -0.05) is 12.1 Å². The minimum absolute atomic E-state index is 0.244. The van der Waals surface area contributed by atoms with E-state index in [2.05, 4.69) is 22.5 Å². The largest absolute Gasteiger partial charge is 0.382 e. The molecule has 0 radical (unpaired) electrons. The van der Waals surface area contributed by atoms with Crippen LogP contribution in [0.5, 0.6) is 0 Å². The number of aromatic nitrogens is 2. The van der Waals surface area contributed by atoms with Gasteiger partial charge in [-0.2, -0.15) is 5.10 Å². The molecule has 0 amide bonds. The molecule has 6 heteroatoms. The van der Waals surface area contributed by atoms with Crippen molar-refractivity contribution in [3.8, 4) is 0 Å². The summed E-state index contributed by atoms with van der Waals surface area (Å²) in [6.45, 7) is 0.738. The van der Waals surface area contributed by atoms with Crippen LogP contribution >= 0.6 is 0 Å². The van der Waals surface area contributed by atoms with Crippen molar-refractivity contribution < 1.29 is 8.42 Å². The monoisotopic (exact) mass is 305 g/mol. The van der Waals surface area contributed by atoms with Gasteiger partial charge < -0.3 is 5.32 Å². The molecule has 2 heterocycles. The van der Waals surface area contributed by atoms with Gasteiger partial charge in [-0.3, -0.25) is 4.68 Å². The summed E-state index contributed by atoms with van der Waals surface area (Å²) in [6.07, 6.45) is 5.08. The first-order valence-electron chi connectivity index (χ1n) is 7.14. The van der Waals surface area contributed by atoms with Gasteiger partial charge in [-0.15, -0.1) is 0 Å². The third kappa shape index (κ3) is 3.85. The van der Waals surface area contributed by atoms with Crippen LogP contribution in [0.2, 0.25) is 0 Å². The van der Waals surface area contributed by atoms with Crippen LogP contribution in [0.15, 0.2) is 42.7 Å². The van der Waals surface area contributed by atoms with E-state index in [-0.39, 0.29) is 17.5 Å². The Hall–Kier alpha value is -1.82. The molecule has 3 rings (SSSR count). The van der Waals surface area contributed by atoms with E-state index in [1.807, 2.05) is 29.1 Å². The van der Waals surface area contributed by atoms with Gasteiger partial charge in [-0.25, -0.2) is 8.42 Å². The van der Waals surface area contributed by atoms with Gasteiger partial charge in [-0.05, 0) is 36.6 Å². The summed E-state index contributed by atoms with van der Waals surface area (Å²) in [7, 11) is -2.80. The molecule has 0 aliphatic carbocycles. The van der Waals surface area contributed by atoms with Crippen LogP contribution < -0.4 is 5.32 Å². The molecule has 1 saturated heterocycles. The van der Waals surface area contributed by atoms with E-state index in [4.69, 9.17) is 0 Å². The number of hydrogen-bond donors (Lipinski definition) is 1. The van der Waals surface area contributed by atoms with E-state index in [1.165, 1.54) is 5.56 Å². The second kappa shape index (κ2) is 5.89. The lowest BCUT2D eigenvalue weighted by molar-refractivity contribution is 0.559. The minimum Gasteiger partial charge on any atom is -0.382 e. The highest BCUT2D eigenvalue weighted by molar-refractivity contribution is 7.91. The van der Waals surface area contributed by atoms with Gasteiger partial charge in [0.05, 0.1) is 18.1 Å². The average Bonchev–Trinajstić information content (AvgIpc) is 2.95. The SMILES string of the molecule is O=S1(=O)CCC(Nc2cccc(Cn3cccn3)c2)CC1. The van der Waals surface area contributed by atoms with Gasteiger partial charge in [0.2, 0.25) is 0 Å². The Balaban J connectivity index is 1.64. The molecule has 1 N–H and O–H groups in total. The molecular weight excluding hydrogens is 286 g/mol. The Bertz CT molecular complexity index is 681. The summed E-state index contributed by atoms with van der Waals surface area (Å²) in [5, 5.41) is 7.65. The van der Waals surface area contributed by atoms with Crippen molar-refractivity contribution in [1.82, 2.24) is 9.78 Å². The summed E-state index contributed by atoms with van der Waals surface area (Å²) in [4.78, 5) is 0. The Morgan fingerprint density at radius 2 is 2.05 bits per heavy atom. The van der Waals surface area contributed by atoms with E-state index in [0.717, 1.165) is 12.2 Å². The van der Waals surface area contributed by atoms with Crippen molar-refractivity contribution in [2.24, 2.45) is 0 Å². The van der Waals surface area contributed by atoms with E-state index in [1.54, 1.807) is 6.20 Å². The Labute approximate surface area is 124 Å². The van der Waals surface area contributed by atoms with Crippen molar-refractivity contribution >= 4 is 15.5 Å². The highest BCUT2D eigenvalue weighted by Crippen LogP contribution is 2.19. The third-order valence-corrected chi connectivity index (χ3v) is 5.47. The second-order valence-corrected chi connectivity index (χ2v) is 7.78. The standard InChI is InChI=1S/C15H19N3O2S/c19-21(20)9-5-14(6-10-21)17-15-4-1-3-13(11-15)12-18-8-2-7-16-18/h1-4,7-8,11,14,17H,5-6,9-10,12H2. The van der Waals surface area contributed by atoms with Gasteiger partial charge in [0, 0.05) is 24.1 Å². The lowest BCUT2D eigenvalue weighted by Crippen LogP contribution is -2.32. The molecule has 1 aliphatic rings. The maximum absolute atomic E-state index is 11.4. The number of anilines is 1. The first-order chi connectivity index (χ1) is 10.1. The molecule has 0 atom stereocenters. The number of sulfone groups is 1. The van der Waals surface area contributed by atoms with Crippen LogP contribution in [-0.2, 0) is 16.4 Å². The number of rotatable bonds is 4. The topological polar surface area (TPSA) is 64.0 Å². The summed E-state index contributed by atoms with van der Waals surface area (Å²) in [6, 6.07) is 10.4. The maximum Gasteiger partial charge on any atom is 0.150 e. The van der Waals surface area contributed by atoms with Crippen molar-refractivity contribution in [2.45, 2.75) is 25.4 Å². The summed E-state index contributed by atoms with van der Waals surface area (Å²) in [5.41, 5.74) is 2.22. The van der Waals surface area contributed by atoms with Gasteiger partial charge in [0.1, 0.15) is 9.84 Å². The molecule has 1 aromatic carbocycles. The maximum atomic E-state index is 11.4. The first-order valence-corrected chi connectivity index (χ1v) is 8.96. The van der Waals surface area contributed by atoms with E-state index < -0.39 is 9.84 Å². The summed E-state index contributed by atoms with van der Waals surface area (Å²) < 4.78 is 24.8. The van der Waals surface area contributed by atoms with Crippen molar-refractivity contribution in [3.63, 3.8) is 0 Å². The zero-order chi connectivity index (χ0) is 14.7. The number of nitrogens with zero attached hydrogens (tertiary/aromatic N) is 2. The van der Waals surface area contributed by atoms with Gasteiger partial charge in [0.15, 0.2) is 0 Å². The van der Waals surface area contributed by atoms with E-state index in [9.17, 15) is 8.42 Å².